The quantitative estimate of drug-likeness (QED) is 0.613. The zero-order valence-electron chi connectivity index (χ0n) is 15.2. The van der Waals surface area contributed by atoms with Gasteiger partial charge in [-0.2, -0.15) is 0 Å². The van der Waals surface area contributed by atoms with Gasteiger partial charge < -0.3 is 10.1 Å². The third-order valence-electron chi connectivity index (χ3n) is 4.02. The molecule has 0 fully saturated rings. The van der Waals surface area contributed by atoms with E-state index < -0.39 is 32.6 Å². The maximum Gasteiger partial charge on any atom is 0.242 e. The Morgan fingerprint density at radius 3 is 2.10 bits per heavy atom. The molecule has 29 heavy (non-hydrogen) atoms. The Morgan fingerprint density at radius 2 is 1.55 bits per heavy atom. The highest BCUT2D eigenvalue weighted by Gasteiger charge is 2.29. The van der Waals surface area contributed by atoms with Crippen molar-refractivity contribution in [3.8, 4) is 11.6 Å². The van der Waals surface area contributed by atoms with Gasteiger partial charge in [0.15, 0.2) is 9.84 Å². The molecule has 2 aromatic carbocycles. The average molecular weight is 418 g/mol. The van der Waals surface area contributed by atoms with Gasteiger partial charge in [0, 0.05) is 6.07 Å². The number of ether oxygens (including phenoxy) is 1. The highest BCUT2D eigenvalue weighted by atomic mass is 32.2. The Hall–Kier alpha value is -3.33. The number of carbonyl (C=O) groups is 1. The standard InChI is InChI=1S/C20H16F2N2O4S/c1-13(29(26,27)18-9-4-15(22)5-10-18)20(25)24-16-6-11-19(23-12-16)28-17-7-2-14(21)3-8-17/h2-13H,1H3,(H,24,25). The first-order valence-electron chi connectivity index (χ1n) is 8.45. The number of pyridine rings is 1. The number of halogens is 2. The summed E-state index contributed by atoms with van der Waals surface area (Å²) in [6, 6.07) is 12.6. The van der Waals surface area contributed by atoms with Gasteiger partial charge in [0.1, 0.15) is 22.6 Å². The molecule has 0 aliphatic rings. The largest absolute Gasteiger partial charge is 0.439 e. The van der Waals surface area contributed by atoms with Crippen LogP contribution in [0.15, 0.2) is 71.8 Å². The Balaban J connectivity index is 1.66. The number of hydrogen-bond acceptors (Lipinski definition) is 5. The lowest BCUT2D eigenvalue weighted by molar-refractivity contribution is -0.115. The lowest BCUT2D eigenvalue weighted by Gasteiger charge is -2.13. The molecule has 0 bridgehead atoms. The first kappa shape index (κ1) is 20.4. The molecule has 3 rings (SSSR count). The molecule has 1 heterocycles. The van der Waals surface area contributed by atoms with E-state index in [0.717, 1.165) is 24.3 Å². The van der Waals surface area contributed by atoms with E-state index >= 15 is 0 Å². The van der Waals surface area contributed by atoms with Crippen LogP contribution in [-0.4, -0.2) is 24.6 Å². The van der Waals surface area contributed by atoms with Gasteiger partial charge in [-0.1, -0.05) is 0 Å². The van der Waals surface area contributed by atoms with E-state index in [1.165, 1.54) is 49.5 Å². The molecule has 6 nitrogen and oxygen atoms in total. The van der Waals surface area contributed by atoms with Gasteiger partial charge in [-0.05, 0) is 61.5 Å². The summed E-state index contributed by atoms with van der Waals surface area (Å²) >= 11 is 0. The van der Waals surface area contributed by atoms with Crippen molar-refractivity contribution in [1.82, 2.24) is 4.98 Å². The van der Waals surface area contributed by atoms with E-state index in [9.17, 15) is 22.0 Å². The van der Waals surface area contributed by atoms with Crippen LogP contribution in [0.3, 0.4) is 0 Å². The van der Waals surface area contributed by atoms with Gasteiger partial charge >= 0.3 is 0 Å². The van der Waals surface area contributed by atoms with Gasteiger partial charge in [0.2, 0.25) is 11.8 Å². The lowest BCUT2D eigenvalue weighted by atomic mass is 10.3. The minimum absolute atomic E-state index is 0.150. The molecule has 0 saturated heterocycles. The molecular formula is C20H16F2N2O4S. The smallest absolute Gasteiger partial charge is 0.242 e. The number of rotatable bonds is 6. The SMILES string of the molecule is CC(C(=O)Nc1ccc(Oc2ccc(F)cc2)nc1)S(=O)(=O)c1ccc(F)cc1. The van der Waals surface area contributed by atoms with Crippen LogP contribution in [0.5, 0.6) is 11.6 Å². The summed E-state index contributed by atoms with van der Waals surface area (Å²) in [6.45, 7) is 1.24. The normalized spacial score (nSPS) is 12.2. The maximum atomic E-state index is 13.0. The van der Waals surface area contributed by atoms with Gasteiger partial charge in [0.25, 0.3) is 0 Å². The Labute approximate surface area is 166 Å². The second kappa shape index (κ2) is 8.36. The van der Waals surface area contributed by atoms with E-state index in [4.69, 9.17) is 4.74 Å². The number of nitrogens with one attached hydrogen (secondary N) is 1. The third kappa shape index (κ3) is 4.94. The fourth-order valence-corrected chi connectivity index (χ4v) is 3.62. The Bertz CT molecular complexity index is 1100. The fraction of sp³-hybridized carbons (Fsp3) is 0.100. The van der Waals surface area contributed by atoms with Crippen LogP contribution in [0.4, 0.5) is 14.5 Å². The number of anilines is 1. The number of sulfone groups is 1. The van der Waals surface area contributed by atoms with Crippen molar-refractivity contribution >= 4 is 21.4 Å². The molecular weight excluding hydrogens is 402 g/mol. The molecule has 1 N–H and O–H groups in total. The van der Waals surface area contributed by atoms with Crippen molar-refractivity contribution < 1.29 is 26.7 Å². The molecule has 0 aliphatic heterocycles. The van der Waals surface area contributed by atoms with Crippen LogP contribution in [0.2, 0.25) is 0 Å². The number of nitrogens with zero attached hydrogens (tertiary/aromatic N) is 1. The summed E-state index contributed by atoms with van der Waals surface area (Å²) in [5.74, 6) is -1.14. The van der Waals surface area contributed by atoms with Crippen LogP contribution >= 0.6 is 0 Å². The predicted octanol–water partition coefficient (Wildman–Crippen LogP) is 3.95. The summed E-state index contributed by atoms with van der Waals surface area (Å²) < 4.78 is 56.4. The summed E-state index contributed by atoms with van der Waals surface area (Å²) in [7, 11) is -3.98. The van der Waals surface area contributed by atoms with Crippen molar-refractivity contribution in [2.45, 2.75) is 17.1 Å². The zero-order valence-corrected chi connectivity index (χ0v) is 16.0. The van der Waals surface area contributed by atoms with Crippen LogP contribution in [0.1, 0.15) is 6.92 Å². The molecule has 0 spiro atoms. The van der Waals surface area contributed by atoms with E-state index in [-0.39, 0.29) is 16.5 Å². The van der Waals surface area contributed by atoms with Crippen molar-refractivity contribution in [3.05, 3.63) is 78.5 Å². The lowest BCUT2D eigenvalue weighted by Crippen LogP contribution is -2.32. The van der Waals surface area contributed by atoms with E-state index in [2.05, 4.69) is 10.3 Å². The minimum Gasteiger partial charge on any atom is -0.439 e. The molecule has 9 heteroatoms. The fourth-order valence-electron chi connectivity index (χ4n) is 2.35. The topological polar surface area (TPSA) is 85.4 Å². The summed E-state index contributed by atoms with van der Waals surface area (Å²) in [5.41, 5.74) is 0.266. The van der Waals surface area contributed by atoms with Gasteiger partial charge in [-0.15, -0.1) is 0 Å². The van der Waals surface area contributed by atoms with Gasteiger partial charge in [0.05, 0.1) is 16.8 Å². The molecule has 1 atom stereocenters. The van der Waals surface area contributed by atoms with Gasteiger partial charge in [-0.25, -0.2) is 22.2 Å². The van der Waals surface area contributed by atoms with Crippen LogP contribution < -0.4 is 10.1 Å². The predicted molar refractivity (Wildman–Crippen MR) is 102 cm³/mol. The molecule has 3 aromatic rings. The molecule has 0 aliphatic carbocycles. The number of amides is 1. The Morgan fingerprint density at radius 1 is 0.966 bits per heavy atom. The number of carbonyl (C=O) groups excluding carboxylic acids is 1. The molecule has 1 unspecified atom stereocenters. The zero-order chi connectivity index (χ0) is 21.0. The molecule has 0 saturated carbocycles. The number of hydrogen-bond donors (Lipinski definition) is 1. The van der Waals surface area contributed by atoms with Crippen LogP contribution in [0, 0.1) is 11.6 Å². The van der Waals surface area contributed by atoms with Crippen molar-refractivity contribution in [2.75, 3.05) is 5.32 Å². The Kier molecular flexibility index (Phi) is 5.88. The minimum atomic E-state index is -3.98. The summed E-state index contributed by atoms with van der Waals surface area (Å²) in [4.78, 5) is 16.2. The van der Waals surface area contributed by atoms with Crippen molar-refractivity contribution in [1.29, 1.82) is 0 Å². The molecule has 1 amide bonds. The first-order chi connectivity index (χ1) is 13.8. The second-order valence-electron chi connectivity index (χ2n) is 6.07. The maximum absolute atomic E-state index is 13.0. The third-order valence-corrected chi connectivity index (χ3v) is 6.09. The molecule has 0 radical (unpaired) electrons. The van der Waals surface area contributed by atoms with Crippen molar-refractivity contribution in [3.63, 3.8) is 0 Å². The number of benzene rings is 2. The second-order valence-corrected chi connectivity index (χ2v) is 8.34. The average Bonchev–Trinajstić information content (AvgIpc) is 2.71. The number of aromatic nitrogens is 1. The molecule has 150 valence electrons. The van der Waals surface area contributed by atoms with E-state index in [1.807, 2.05) is 0 Å². The van der Waals surface area contributed by atoms with Crippen LogP contribution in [0.25, 0.3) is 0 Å². The summed E-state index contributed by atoms with van der Waals surface area (Å²) in [5, 5.41) is 1.07. The van der Waals surface area contributed by atoms with Crippen LogP contribution in [-0.2, 0) is 14.6 Å². The highest BCUT2D eigenvalue weighted by Crippen LogP contribution is 2.22. The summed E-state index contributed by atoms with van der Waals surface area (Å²) in [6.07, 6.45) is 1.30. The van der Waals surface area contributed by atoms with Gasteiger partial charge in [-0.3, -0.25) is 4.79 Å². The van der Waals surface area contributed by atoms with Crippen molar-refractivity contribution in [2.24, 2.45) is 0 Å². The first-order valence-corrected chi connectivity index (χ1v) is 10.00. The van der Waals surface area contributed by atoms with E-state index in [1.54, 1.807) is 0 Å². The highest BCUT2D eigenvalue weighted by molar-refractivity contribution is 7.92. The monoisotopic (exact) mass is 418 g/mol. The molecule has 1 aromatic heterocycles. The van der Waals surface area contributed by atoms with E-state index in [0.29, 0.717) is 5.75 Å².